The van der Waals surface area contributed by atoms with E-state index in [4.69, 9.17) is 0 Å². The van der Waals surface area contributed by atoms with E-state index in [2.05, 4.69) is 44.3 Å². The highest BCUT2D eigenvalue weighted by atomic mass is 79.9. The first-order valence-electron chi connectivity index (χ1n) is 6.49. The summed E-state index contributed by atoms with van der Waals surface area (Å²) in [6.07, 6.45) is 0. The van der Waals surface area contributed by atoms with Crippen LogP contribution in [-0.2, 0) is 13.1 Å². The van der Waals surface area contributed by atoms with Crippen LogP contribution in [0.25, 0.3) is 0 Å². The number of nitrogens with zero attached hydrogens (tertiary/aromatic N) is 1. The van der Waals surface area contributed by atoms with E-state index >= 15 is 0 Å². The summed E-state index contributed by atoms with van der Waals surface area (Å²) in [5, 5.41) is 3.14. The van der Waals surface area contributed by atoms with Gasteiger partial charge in [-0.1, -0.05) is 34.1 Å². The normalized spacial score (nSPS) is 10.6. The predicted octanol–water partition coefficient (Wildman–Crippen LogP) is 3.94. The molecule has 2 nitrogen and oxygen atoms in total. The molecule has 0 spiro atoms. The van der Waals surface area contributed by atoms with Gasteiger partial charge in [0.15, 0.2) is 0 Å². The monoisotopic (exact) mass is 336 g/mol. The summed E-state index contributed by atoms with van der Waals surface area (Å²) in [5.41, 5.74) is 3.44. The lowest BCUT2D eigenvalue weighted by atomic mass is 10.1. The van der Waals surface area contributed by atoms with E-state index in [1.165, 1.54) is 17.7 Å². The van der Waals surface area contributed by atoms with Crippen molar-refractivity contribution in [1.29, 1.82) is 0 Å². The van der Waals surface area contributed by atoms with E-state index in [9.17, 15) is 4.39 Å². The summed E-state index contributed by atoms with van der Waals surface area (Å²) >= 11 is 3.60. The number of hydrogen-bond acceptors (Lipinski definition) is 2. The van der Waals surface area contributed by atoms with Crippen LogP contribution in [0.3, 0.4) is 0 Å². The Morgan fingerprint density at radius 2 is 1.85 bits per heavy atom. The van der Waals surface area contributed by atoms with Gasteiger partial charge < -0.3 is 10.2 Å². The molecule has 2 aromatic rings. The molecule has 0 saturated heterocycles. The van der Waals surface area contributed by atoms with Crippen LogP contribution in [-0.4, -0.2) is 14.1 Å². The van der Waals surface area contributed by atoms with Crippen LogP contribution in [0.4, 0.5) is 10.1 Å². The minimum absolute atomic E-state index is 0.199. The van der Waals surface area contributed by atoms with E-state index in [1.54, 1.807) is 0 Å². The predicted molar refractivity (Wildman–Crippen MR) is 85.4 cm³/mol. The standard InChI is InChI=1S/C16H18BrFN2/c1-19-10-13-5-8-15(9-16(13)17)20(2)11-12-3-6-14(18)7-4-12/h3-9,19H,10-11H2,1-2H3. The summed E-state index contributed by atoms with van der Waals surface area (Å²) < 4.78 is 14.0. The fourth-order valence-electron chi connectivity index (χ4n) is 2.06. The zero-order valence-electron chi connectivity index (χ0n) is 11.7. The Morgan fingerprint density at radius 3 is 2.45 bits per heavy atom. The Kier molecular flexibility index (Phi) is 5.15. The fourth-order valence-corrected chi connectivity index (χ4v) is 2.57. The van der Waals surface area contributed by atoms with E-state index in [0.717, 1.165) is 28.8 Å². The Balaban J connectivity index is 2.10. The van der Waals surface area contributed by atoms with Gasteiger partial charge >= 0.3 is 0 Å². The highest BCUT2D eigenvalue weighted by molar-refractivity contribution is 9.10. The number of hydrogen-bond donors (Lipinski definition) is 1. The summed E-state index contributed by atoms with van der Waals surface area (Å²) in [4.78, 5) is 2.14. The SMILES string of the molecule is CNCc1ccc(N(C)Cc2ccc(F)cc2)cc1Br. The molecular formula is C16H18BrFN2. The van der Waals surface area contributed by atoms with Crippen molar-refractivity contribution in [3.8, 4) is 0 Å². The first-order valence-corrected chi connectivity index (χ1v) is 7.28. The van der Waals surface area contributed by atoms with Gasteiger partial charge in [-0.15, -0.1) is 0 Å². The molecule has 0 amide bonds. The van der Waals surface area contributed by atoms with Crippen LogP contribution in [0.2, 0.25) is 0 Å². The first-order chi connectivity index (χ1) is 9.60. The number of anilines is 1. The Bertz CT molecular complexity index is 569. The largest absolute Gasteiger partial charge is 0.370 e. The zero-order valence-corrected chi connectivity index (χ0v) is 13.2. The van der Waals surface area contributed by atoms with Crippen LogP contribution in [0.1, 0.15) is 11.1 Å². The molecular weight excluding hydrogens is 319 g/mol. The van der Waals surface area contributed by atoms with Gasteiger partial charge in [0.1, 0.15) is 5.82 Å². The van der Waals surface area contributed by atoms with Crippen molar-refractivity contribution in [2.75, 3.05) is 19.0 Å². The molecule has 20 heavy (non-hydrogen) atoms. The third-order valence-electron chi connectivity index (χ3n) is 3.18. The molecule has 0 unspecified atom stereocenters. The number of halogens is 2. The number of benzene rings is 2. The molecule has 0 bridgehead atoms. The summed E-state index contributed by atoms with van der Waals surface area (Å²) in [7, 11) is 3.96. The summed E-state index contributed by atoms with van der Waals surface area (Å²) in [6.45, 7) is 1.58. The molecule has 4 heteroatoms. The molecule has 0 saturated carbocycles. The van der Waals surface area contributed by atoms with Crippen LogP contribution < -0.4 is 10.2 Å². The first kappa shape index (κ1) is 15.0. The molecule has 0 heterocycles. The van der Waals surface area contributed by atoms with Crippen molar-refractivity contribution in [1.82, 2.24) is 5.32 Å². The minimum atomic E-state index is -0.199. The maximum atomic E-state index is 12.9. The van der Waals surface area contributed by atoms with Gasteiger partial charge in [0.2, 0.25) is 0 Å². The molecule has 0 aromatic heterocycles. The van der Waals surface area contributed by atoms with Gasteiger partial charge in [-0.05, 0) is 42.4 Å². The topological polar surface area (TPSA) is 15.3 Å². The fraction of sp³-hybridized carbons (Fsp3) is 0.250. The van der Waals surface area contributed by atoms with Gasteiger partial charge in [-0.2, -0.15) is 0 Å². The van der Waals surface area contributed by atoms with Crippen molar-refractivity contribution < 1.29 is 4.39 Å². The van der Waals surface area contributed by atoms with Crippen molar-refractivity contribution in [3.63, 3.8) is 0 Å². The third kappa shape index (κ3) is 3.81. The van der Waals surface area contributed by atoms with Gasteiger partial charge in [-0.3, -0.25) is 0 Å². The van der Waals surface area contributed by atoms with Crippen LogP contribution in [0.5, 0.6) is 0 Å². The molecule has 0 fully saturated rings. The zero-order chi connectivity index (χ0) is 14.5. The van der Waals surface area contributed by atoms with Crippen molar-refractivity contribution in [3.05, 3.63) is 63.9 Å². The minimum Gasteiger partial charge on any atom is -0.370 e. The molecule has 0 radical (unpaired) electrons. The average Bonchev–Trinajstić information content (AvgIpc) is 2.44. The van der Waals surface area contributed by atoms with E-state index in [-0.39, 0.29) is 5.82 Å². The molecule has 1 N–H and O–H groups in total. The van der Waals surface area contributed by atoms with E-state index in [0.29, 0.717) is 0 Å². The summed E-state index contributed by atoms with van der Waals surface area (Å²) in [5.74, 6) is -0.199. The Hall–Kier alpha value is -1.39. The van der Waals surface area contributed by atoms with Gasteiger partial charge in [0.05, 0.1) is 0 Å². The average molecular weight is 337 g/mol. The molecule has 0 atom stereocenters. The van der Waals surface area contributed by atoms with Gasteiger partial charge in [0, 0.05) is 30.3 Å². The molecule has 0 aliphatic carbocycles. The van der Waals surface area contributed by atoms with Gasteiger partial charge in [0.25, 0.3) is 0 Å². The molecule has 106 valence electrons. The van der Waals surface area contributed by atoms with Crippen LogP contribution in [0.15, 0.2) is 46.9 Å². The van der Waals surface area contributed by atoms with Crippen molar-refractivity contribution >= 4 is 21.6 Å². The second-order valence-electron chi connectivity index (χ2n) is 4.79. The van der Waals surface area contributed by atoms with Crippen LogP contribution >= 0.6 is 15.9 Å². The quantitative estimate of drug-likeness (QED) is 0.889. The Labute approximate surface area is 127 Å². The lowest BCUT2D eigenvalue weighted by Gasteiger charge is -2.20. The molecule has 2 rings (SSSR count). The smallest absolute Gasteiger partial charge is 0.123 e. The van der Waals surface area contributed by atoms with Gasteiger partial charge in [-0.25, -0.2) is 4.39 Å². The third-order valence-corrected chi connectivity index (χ3v) is 3.92. The maximum Gasteiger partial charge on any atom is 0.123 e. The van der Waals surface area contributed by atoms with E-state index < -0.39 is 0 Å². The number of rotatable bonds is 5. The van der Waals surface area contributed by atoms with Crippen LogP contribution in [0, 0.1) is 5.82 Å². The highest BCUT2D eigenvalue weighted by Crippen LogP contribution is 2.24. The highest BCUT2D eigenvalue weighted by Gasteiger charge is 2.06. The van der Waals surface area contributed by atoms with Crippen molar-refractivity contribution in [2.45, 2.75) is 13.1 Å². The molecule has 0 aliphatic heterocycles. The molecule has 2 aromatic carbocycles. The second kappa shape index (κ2) is 6.86. The Morgan fingerprint density at radius 1 is 1.15 bits per heavy atom. The number of nitrogens with one attached hydrogen (secondary N) is 1. The molecule has 0 aliphatic rings. The van der Waals surface area contributed by atoms with E-state index in [1.807, 2.05) is 26.2 Å². The lowest BCUT2D eigenvalue weighted by molar-refractivity contribution is 0.627. The lowest BCUT2D eigenvalue weighted by Crippen LogP contribution is -2.16. The van der Waals surface area contributed by atoms with Crippen molar-refractivity contribution in [2.24, 2.45) is 0 Å². The second-order valence-corrected chi connectivity index (χ2v) is 5.64. The maximum absolute atomic E-state index is 12.9. The summed E-state index contributed by atoms with van der Waals surface area (Å²) in [6, 6.07) is 12.9.